The molecule has 0 saturated heterocycles. The fourth-order valence-corrected chi connectivity index (χ4v) is 5.12. The summed E-state index contributed by atoms with van der Waals surface area (Å²) in [6.45, 7) is -0.416. The molecule has 40 heavy (non-hydrogen) atoms. The number of nitrogens with one attached hydrogen (secondary N) is 1. The van der Waals surface area contributed by atoms with Gasteiger partial charge in [0.05, 0.1) is 34.9 Å². The van der Waals surface area contributed by atoms with E-state index in [2.05, 4.69) is 10.4 Å². The number of anilines is 1. The van der Waals surface area contributed by atoms with Gasteiger partial charge in [-0.15, -0.1) is 0 Å². The number of aromatic nitrogens is 2. The molecule has 4 aromatic rings. The lowest BCUT2D eigenvalue weighted by Crippen LogP contribution is -2.25. The standard InChI is InChI=1S/C30H28ClFN4O4/c1-39-26-16-19(15-22(31)28(26)40-18-27(37)34-25-14-8-6-12-23(25)32)17-33-36-29(20-9-3-2-4-10-20)35-24-13-7-5-11-21(24)30(36)38/h5-8,11-17,20H,2-4,9-10,18H2,1H3,(H,34,37). The lowest BCUT2D eigenvalue weighted by molar-refractivity contribution is -0.118. The molecule has 1 N–H and O–H groups in total. The van der Waals surface area contributed by atoms with Crippen molar-refractivity contribution in [1.82, 2.24) is 9.66 Å². The molecule has 0 aliphatic heterocycles. The van der Waals surface area contributed by atoms with Gasteiger partial charge >= 0.3 is 0 Å². The van der Waals surface area contributed by atoms with E-state index in [1.54, 1.807) is 30.3 Å². The van der Waals surface area contributed by atoms with Crippen molar-refractivity contribution < 1.29 is 18.7 Å². The van der Waals surface area contributed by atoms with E-state index in [1.807, 2.05) is 12.1 Å². The second kappa shape index (κ2) is 12.3. The Kier molecular flexibility index (Phi) is 8.40. The minimum absolute atomic E-state index is 0.0479. The average Bonchev–Trinajstić information content (AvgIpc) is 2.97. The molecule has 1 amide bonds. The normalized spacial score (nSPS) is 14.0. The van der Waals surface area contributed by atoms with E-state index < -0.39 is 18.3 Å². The van der Waals surface area contributed by atoms with Crippen LogP contribution in [0.4, 0.5) is 10.1 Å². The summed E-state index contributed by atoms with van der Waals surface area (Å²) in [5.41, 5.74) is 1.03. The van der Waals surface area contributed by atoms with Crippen LogP contribution in [0.2, 0.25) is 5.02 Å². The minimum Gasteiger partial charge on any atom is -0.493 e. The first kappa shape index (κ1) is 27.3. The highest BCUT2D eigenvalue weighted by molar-refractivity contribution is 6.32. The largest absolute Gasteiger partial charge is 0.493 e. The summed E-state index contributed by atoms with van der Waals surface area (Å²) in [6, 6.07) is 16.3. The Balaban J connectivity index is 1.40. The van der Waals surface area contributed by atoms with Gasteiger partial charge in [0.2, 0.25) is 0 Å². The Labute approximate surface area is 235 Å². The van der Waals surface area contributed by atoms with Crippen LogP contribution < -0.4 is 20.3 Å². The number of carbonyl (C=O) groups is 1. The smallest absolute Gasteiger partial charge is 0.282 e. The van der Waals surface area contributed by atoms with Gasteiger partial charge in [0.15, 0.2) is 18.1 Å². The third-order valence-corrected chi connectivity index (χ3v) is 7.10. The van der Waals surface area contributed by atoms with Gasteiger partial charge in [-0.25, -0.2) is 9.37 Å². The van der Waals surface area contributed by atoms with Gasteiger partial charge in [-0.05, 0) is 54.8 Å². The van der Waals surface area contributed by atoms with Crippen LogP contribution in [-0.4, -0.2) is 35.5 Å². The number of rotatable bonds is 8. The number of benzene rings is 3. The van der Waals surface area contributed by atoms with E-state index in [-0.39, 0.29) is 33.7 Å². The van der Waals surface area contributed by atoms with Gasteiger partial charge in [0.1, 0.15) is 11.6 Å². The summed E-state index contributed by atoms with van der Waals surface area (Å²) in [4.78, 5) is 30.6. The second-order valence-electron chi connectivity index (χ2n) is 9.53. The third kappa shape index (κ3) is 5.99. The first-order valence-electron chi connectivity index (χ1n) is 13.1. The Morgan fingerprint density at radius 1 is 1.15 bits per heavy atom. The number of nitrogens with zero attached hydrogens (tertiary/aromatic N) is 3. The van der Waals surface area contributed by atoms with Gasteiger partial charge in [0, 0.05) is 5.92 Å². The van der Waals surface area contributed by atoms with Crippen molar-refractivity contribution in [3.63, 3.8) is 0 Å². The zero-order valence-corrected chi connectivity index (χ0v) is 22.7. The molecule has 0 radical (unpaired) electrons. The first-order chi connectivity index (χ1) is 19.4. The van der Waals surface area contributed by atoms with E-state index >= 15 is 0 Å². The molecule has 8 nitrogen and oxygen atoms in total. The van der Waals surface area contributed by atoms with Crippen LogP contribution in [0.25, 0.3) is 10.9 Å². The Morgan fingerprint density at radius 2 is 1.90 bits per heavy atom. The van der Waals surface area contributed by atoms with Crippen LogP contribution in [0.15, 0.2) is 70.6 Å². The molecule has 0 bridgehead atoms. The molecule has 1 saturated carbocycles. The summed E-state index contributed by atoms with van der Waals surface area (Å²) in [5.74, 6) is 0.0995. The molecular weight excluding hydrogens is 535 g/mol. The zero-order valence-electron chi connectivity index (χ0n) is 21.9. The maximum Gasteiger partial charge on any atom is 0.282 e. The highest BCUT2D eigenvalue weighted by atomic mass is 35.5. The molecule has 1 aromatic heterocycles. The topological polar surface area (TPSA) is 94.8 Å². The van der Waals surface area contributed by atoms with Crippen LogP contribution in [0.5, 0.6) is 11.5 Å². The predicted molar refractivity (Wildman–Crippen MR) is 153 cm³/mol. The van der Waals surface area contributed by atoms with Gasteiger partial charge < -0.3 is 14.8 Å². The van der Waals surface area contributed by atoms with E-state index in [0.717, 1.165) is 25.7 Å². The fourth-order valence-electron chi connectivity index (χ4n) is 4.84. The molecule has 0 atom stereocenters. The van der Waals surface area contributed by atoms with Gasteiger partial charge in [-0.3, -0.25) is 9.59 Å². The van der Waals surface area contributed by atoms with E-state index in [9.17, 15) is 14.0 Å². The Hall–Kier alpha value is -4.24. The summed E-state index contributed by atoms with van der Waals surface area (Å²) in [6.07, 6.45) is 6.78. The van der Waals surface area contributed by atoms with Crippen LogP contribution in [0.3, 0.4) is 0 Å². The number of hydrogen-bond donors (Lipinski definition) is 1. The van der Waals surface area contributed by atoms with Crippen molar-refractivity contribution in [2.45, 2.75) is 38.0 Å². The van der Waals surface area contributed by atoms with Crippen LogP contribution in [0, 0.1) is 5.82 Å². The van der Waals surface area contributed by atoms with E-state index in [0.29, 0.717) is 22.3 Å². The lowest BCUT2D eigenvalue weighted by atomic mass is 9.88. The predicted octanol–water partition coefficient (Wildman–Crippen LogP) is 6.15. The molecule has 206 valence electrons. The molecule has 1 aliphatic carbocycles. The Bertz CT molecular complexity index is 1630. The zero-order chi connectivity index (χ0) is 28.1. The summed E-state index contributed by atoms with van der Waals surface area (Å²) in [7, 11) is 1.44. The number of amides is 1. The fraction of sp³-hybridized carbons (Fsp3) is 0.267. The van der Waals surface area contributed by atoms with Crippen molar-refractivity contribution in [2.75, 3.05) is 19.0 Å². The lowest BCUT2D eigenvalue weighted by Gasteiger charge is -2.22. The molecule has 1 heterocycles. The number of carbonyl (C=O) groups excluding carboxylic acids is 1. The number of fused-ring (bicyclic) bond motifs is 1. The van der Waals surface area contributed by atoms with Crippen molar-refractivity contribution >= 4 is 40.3 Å². The number of halogens is 2. The van der Waals surface area contributed by atoms with Crippen molar-refractivity contribution in [3.05, 3.63) is 93.2 Å². The van der Waals surface area contributed by atoms with Gasteiger partial charge in [-0.1, -0.05) is 55.1 Å². The van der Waals surface area contributed by atoms with Gasteiger partial charge in [-0.2, -0.15) is 9.78 Å². The molecule has 10 heteroatoms. The second-order valence-corrected chi connectivity index (χ2v) is 9.94. The van der Waals surface area contributed by atoms with Crippen LogP contribution >= 0.6 is 11.6 Å². The minimum atomic E-state index is -0.563. The molecule has 1 fully saturated rings. The summed E-state index contributed by atoms with van der Waals surface area (Å²) < 4.78 is 26.3. The number of hydrogen-bond acceptors (Lipinski definition) is 6. The first-order valence-corrected chi connectivity index (χ1v) is 13.4. The average molecular weight is 563 g/mol. The maximum absolute atomic E-state index is 13.8. The summed E-state index contributed by atoms with van der Waals surface area (Å²) >= 11 is 6.49. The molecule has 3 aromatic carbocycles. The van der Waals surface area contributed by atoms with Gasteiger partial charge in [0.25, 0.3) is 11.5 Å². The Morgan fingerprint density at radius 3 is 2.67 bits per heavy atom. The highest BCUT2D eigenvalue weighted by Crippen LogP contribution is 2.36. The van der Waals surface area contributed by atoms with Crippen molar-refractivity contribution in [1.29, 1.82) is 0 Å². The number of methoxy groups -OCH3 is 1. The van der Waals surface area contributed by atoms with Crippen LogP contribution in [-0.2, 0) is 4.79 Å². The third-order valence-electron chi connectivity index (χ3n) is 6.82. The van der Waals surface area contributed by atoms with E-state index in [4.69, 9.17) is 26.1 Å². The molecule has 1 aliphatic rings. The SMILES string of the molecule is COc1cc(C=Nn2c(C3CCCCC3)nc3ccccc3c2=O)cc(Cl)c1OCC(=O)Nc1ccccc1F. The van der Waals surface area contributed by atoms with Crippen molar-refractivity contribution in [3.8, 4) is 11.5 Å². The highest BCUT2D eigenvalue weighted by Gasteiger charge is 2.22. The van der Waals surface area contributed by atoms with E-state index in [1.165, 1.54) is 42.6 Å². The van der Waals surface area contributed by atoms with Crippen molar-refractivity contribution in [2.24, 2.45) is 5.10 Å². The quantitative estimate of drug-likeness (QED) is 0.260. The molecular formula is C30H28ClFN4O4. The maximum atomic E-state index is 13.8. The molecule has 5 rings (SSSR count). The van der Waals surface area contributed by atoms with Crippen LogP contribution in [0.1, 0.15) is 49.4 Å². The molecule has 0 spiro atoms. The monoisotopic (exact) mass is 562 g/mol. The number of ether oxygens (including phenoxy) is 2. The molecule has 0 unspecified atom stereocenters. The summed E-state index contributed by atoms with van der Waals surface area (Å²) in [5, 5.41) is 7.66. The number of para-hydroxylation sites is 2.